The molecule has 0 aliphatic heterocycles. The van der Waals surface area contributed by atoms with Crippen LogP contribution in [0.3, 0.4) is 0 Å². The molecule has 5 heterocycles. The molecule has 5 aromatic carbocycles. The zero-order valence-electron chi connectivity index (χ0n) is 36.8. The fourth-order valence-corrected chi connectivity index (χ4v) is 8.05. The Hall–Kier alpha value is -6.37. The van der Waals surface area contributed by atoms with Gasteiger partial charge in [0.05, 0.1) is 28.1 Å². The number of benzene rings is 5. The Morgan fingerprint density at radius 3 is 2.14 bits per heavy atom. The van der Waals surface area contributed by atoms with Gasteiger partial charge in [0.1, 0.15) is 11.1 Å². The van der Waals surface area contributed by atoms with Crippen molar-refractivity contribution < 1.29 is 34.6 Å². The molecule has 0 atom stereocenters. The van der Waals surface area contributed by atoms with Crippen LogP contribution >= 0.6 is 0 Å². The molecule has 0 saturated heterocycles. The van der Waals surface area contributed by atoms with Gasteiger partial charge in [0.15, 0.2) is 0 Å². The Morgan fingerprint density at radius 2 is 1.38 bits per heavy atom. The summed E-state index contributed by atoms with van der Waals surface area (Å²) in [4.78, 5) is 20.2. The van der Waals surface area contributed by atoms with Crippen molar-refractivity contribution in [1.82, 2.24) is 24.5 Å². The van der Waals surface area contributed by atoms with E-state index in [0.29, 0.717) is 51.0 Å². The third-order valence-electron chi connectivity index (χ3n) is 11.2. The van der Waals surface area contributed by atoms with E-state index >= 15 is 0 Å². The van der Waals surface area contributed by atoms with Crippen LogP contribution in [0.25, 0.3) is 83.7 Å². The Morgan fingerprint density at radius 1 is 0.635 bits per heavy atom. The van der Waals surface area contributed by atoms with E-state index in [-0.39, 0.29) is 37.3 Å². The number of pyridine rings is 2. The first kappa shape index (κ1) is 42.0. The van der Waals surface area contributed by atoms with Gasteiger partial charge in [0.25, 0.3) is 0 Å². The monoisotopic (exact) mass is 1010 g/mol. The number of ether oxygens (including phenoxy) is 1. The standard InChI is InChI=1S/C54H47N5O3.Pt/c1-52(2,3)34-26-27-55-41(29-34)38-30-36(31-39-44-45-50(62-51(57-45)54(7,8)9)58-48(53(4,5)6)47(44)61-46(38)39)60-35-21-17-20-33(28-35)49-56-40-23-14-16-25-43(40)59(49)42-24-15-13-22-37(42)32-18-11-10-12-19-32;/h10-27,29,31H,1-9H3;/q-2;+2. The Kier molecular flexibility index (Phi) is 10.3. The maximum absolute atomic E-state index is 6.94. The molecule has 63 heavy (non-hydrogen) atoms. The molecule has 0 spiro atoms. The maximum atomic E-state index is 6.94. The summed E-state index contributed by atoms with van der Waals surface area (Å²) in [6, 6.07) is 46.3. The third kappa shape index (κ3) is 7.54. The molecule has 0 saturated carbocycles. The first-order chi connectivity index (χ1) is 29.6. The molecule has 0 radical (unpaired) electrons. The van der Waals surface area contributed by atoms with Gasteiger partial charge in [-0.15, -0.1) is 23.8 Å². The van der Waals surface area contributed by atoms with Crippen molar-refractivity contribution >= 4 is 44.2 Å². The van der Waals surface area contributed by atoms with Crippen LogP contribution in [0.1, 0.15) is 79.5 Å². The largest absolute Gasteiger partial charge is 2.00 e. The number of nitrogens with zero attached hydrogens (tertiary/aromatic N) is 5. The summed E-state index contributed by atoms with van der Waals surface area (Å²) in [6.45, 7) is 19.2. The fraction of sp³-hybridized carbons (Fsp3) is 0.222. The second-order valence-electron chi connectivity index (χ2n) is 19.0. The van der Waals surface area contributed by atoms with Crippen LogP contribution in [0, 0.1) is 12.1 Å². The first-order valence-corrected chi connectivity index (χ1v) is 21.1. The summed E-state index contributed by atoms with van der Waals surface area (Å²) >= 11 is 0. The molecule has 0 fully saturated rings. The fourth-order valence-electron chi connectivity index (χ4n) is 8.05. The summed E-state index contributed by atoms with van der Waals surface area (Å²) < 4.78 is 22.4. The Bertz CT molecular complexity index is 3340. The zero-order valence-corrected chi connectivity index (χ0v) is 39.1. The molecule has 0 amide bonds. The molecular formula is C54H47N5O3Pt. The number of oxazole rings is 1. The maximum Gasteiger partial charge on any atom is 2.00 e. The number of fused-ring (bicyclic) bond motifs is 6. The van der Waals surface area contributed by atoms with Crippen LogP contribution in [0.2, 0.25) is 0 Å². The van der Waals surface area contributed by atoms with Gasteiger partial charge in [-0.2, -0.15) is 0 Å². The summed E-state index contributed by atoms with van der Waals surface area (Å²) in [5, 5.41) is 1.61. The third-order valence-corrected chi connectivity index (χ3v) is 11.2. The second kappa shape index (κ2) is 15.5. The van der Waals surface area contributed by atoms with Crippen LogP contribution in [0.5, 0.6) is 11.5 Å². The second-order valence-corrected chi connectivity index (χ2v) is 19.0. The summed E-state index contributed by atoms with van der Waals surface area (Å²) in [5.74, 6) is 2.32. The van der Waals surface area contributed by atoms with Gasteiger partial charge in [-0.25, -0.2) is 9.97 Å². The van der Waals surface area contributed by atoms with Crippen LogP contribution in [0.4, 0.5) is 0 Å². The van der Waals surface area contributed by atoms with E-state index in [1.807, 2.05) is 54.7 Å². The quantitative estimate of drug-likeness (QED) is 0.153. The normalized spacial score (nSPS) is 12.4. The van der Waals surface area contributed by atoms with E-state index in [1.165, 1.54) is 0 Å². The number of aromatic nitrogens is 5. The molecule has 0 unspecified atom stereocenters. The molecule has 9 heteroatoms. The van der Waals surface area contributed by atoms with Crippen molar-refractivity contribution in [2.45, 2.75) is 78.6 Å². The number of hydrogen-bond acceptors (Lipinski definition) is 7. The van der Waals surface area contributed by atoms with Gasteiger partial charge in [-0.05, 0) is 51.9 Å². The van der Waals surface area contributed by atoms with Crippen molar-refractivity contribution in [2.24, 2.45) is 0 Å². The van der Waals surface area contributed by atoms with E-state index in [1.54, 1.807) is 0 Å². The van der Waals surface area contributed by atoms with Gasteiger partial charge >= 0.3 is 21.1 Å². The molecule has 8 nitrogen and oxygen atoms in total. The van der Waals surface area contributed by atoms with Gasteiger partial charge in [0, 0.05) is 45.2 Å². The van der Waals surface area contributed by atoms with Crippen molar-refractivity contribution in [3.05, 3.63) is 151 Å². The molecule has 0 bridgehead atoms. The zero-order chi connectivity index (χ0) is 43.1. The van der Waals surface area contributed by atoms with Crippen LogP contribution < -0.4 is 4.74 Å². The molecule has 316 valence electrons. The van der Waals surface area contributed by atoms with Gasteiger partial charge in [0.2, 0.25) is 11.6 Å². The van der Waals surface area contributed by atoms with Gasteiger partial charge < -0.3 is 23.1 Å². The van der Waals surface area contributed by atoms with Crippen LogP contribution in [-0.2, 0) is 37.3 Å². The van der Waals surface area contributed by atoms with E-state index in [0.717, 1.165) is 61.3 Å². The number of para-hydroxylation sites is 3. The average molecular weight is 1010 g/mol. The smallest absolute Gasteiger partial charge is 0.499 e. The molecule has 0 N–H and O–H groups in total. The Labute approximate surface area is 381 Å². The molecule has 0 aliphatic carbocycles. The van der Waals surface area contributed by atoms with Crippen LogP contribution in [-0.4, -0.2) is 24.5 Å². The molecule has 10 rings (SSSR count). The van der Waals surface area contributed by atoms with E-state index in [9.17, 15) is 0 Å². The van der Waals surface area contributed by atoms with E-state index in [4.69, 9.17) is 33.5 Å². The minimum atomic E-state index is -0.379. The summed E-state index contributed by atoms with van der Waals surface area (Å²) in [5.41, 5.74) is 10.7. The predicted molar refractivity (Wildman–Crippen MR) is 248 cm³/mol. The summed E-state index contributed by atoms with van der Waals surface area (Å²) in [6.07, 6.45) is 1.85. The minimum absolute atomic E-state index is 0. The van der Waals surface area contributed by atoms with Crippen molar-refractivity contribution in [3.63, 3.8) is 0 Å². The minimum Gasteiger partial charge on any atom is -0.499 e. The molecular weight excluding hydrogens is 962 g/mol. The van der Waals surface area contributed by atoms with E-state index < -0.39 is 0 Å². The molecule has 5 aromatic heterocycles. The topological polar surface area (TPSA) is 92.0 Å². The number of imidazole rings is 1. The molecule has 10 aromatic rings. The van der Waals surface area contributed by atoms with Crippen molar-refractivity contribution in [2.75, 3.05) is 0 Å². The average Bonchev–Trinajstić information content (AvgIpc) is 3.97. The van der Waals surface area contributed by atoms with E-state index in [2.05, 4.69) is 146 Å². The van der Waals surface area contributed by atoms with Crippen LogP contribution in [0.15, 0.2) is 130 Å². The Balaban J connectivity index is 0.00000504. The number of furan rings is 1. The SMILES string of the molecule is CC(C)(C)c1ccnc(-c2[c-]c(Oc3[c-]c(-c4nc5ccccc5n4-c4ccccc4-c4ccccc4)ccc3)cc3c2oc2c(C(C)(C)C)nc4oc(C(C)(C)C)nc4c23)c1.[Pt+2]. The number of rotatable bonds is 6. The van der Waals surface area contributed by atoms with Crippen molar-refractivity contribution in [1.29, 1.82) is 0 Å². The predicted octanol–water partition coefficient (Wildman–Crippen LogP) is 14.1. The van der Waals surface area contributed by atoms with Crippen molar-refractivity contribution in [3.8, 4) is 51.0 Å². The van der Waals surface area contributed by atoms with Gasteiger partial charge in [-0.1, -0.05) is 153 Å². The summed E-state index contributed by atoms with van der Waals surface area (Å²) in [7, 11) is 0. The van der Waals surface area contributed by atoms with Gasteiger partial charge in [-0.3, -0.25) is 4.98 Å². The number of hydrogen-bond donors (Lipinski definition) is 0. The molecule has 0 aliphatic rings. The first-order valence-electron chi connectivity index (χ1n) is 21.1.